The van der Waals surface area contributed by atoms with E-state index in [-0.39, 0.29) is 22.5 Å². The van der Waals surface area contributed by atoms with Crippen LogP contribution in [0.3, 0.4) is 0 Å². The summed E-state index contributed by atoms with van der Waals surface area (Å²) in [6.45, 7) is 2.07. The second-order valence-corrected chi connectivity index (χ2v) is 7.61. The van der Waals surface area contributed by atoms with Crippen LogP contribution in [0.2, 0.25) is 5.02 Å². The van der Waals surface area contributed by atoms with E-state index in [1.54, 1.807) is 30.0 Å². The summed E-state index contributed by atoms with van der Waals surface area (Å²) >= 11 is 7.53. The van der Waals surface area contributed by atoms with Gasteiger partial charge in [0.15, 0.2) is 0 Å². The summed E-state index contributed by atoms with van der Waals surface area (Å²) < 4.78 is 42.7. The first kappa shape index (κ1) is 21.0. The van der Waals surface area contributed by atoms with Gasteiger partial charge < -0.3 is 4.74 Å². The third kappa shape index (κ3) is 4.83. The third-order valence-electron chi connectivity index (χ3n) is 3.92. The van der Waals surface area contributed by atoms with E-state index in [2.05, 4.69) is 15.8 Å². The number of hydrogen-bond donors (Lipinski definition) is 0. The minimum Gasteiger partial charge on any atom is -0.406 e. The Labute approximate surface area is 172 Å². The monoisotopic (exact) mass is 439 g/mol. The Morgan fingerprint density at radius 2 is 2.07 bits per heavy atom. The van der Waals surface area contributed by atoms with Crippen molar-refractivity contribution in [3.8, 4) is 11.8 Å². The largest absolute Gasteiger partial charge is 0.573 e. The number of nitrogens with zero attached hydrogens (tertiary/aromatic N) is 3. The smallest absolute Gasteiger partial charge is 0.406 e. The number of rotatable bonds is 5. The maximum Gasteiger partial charge on any atom is 0.573 e. The van der Waals surface area contributed by atoms with Crippen molar-refractivity contribution in [3.05, 3.63) is 63.2 Å². The van der Waals surface area contributed by atoms with Crippen LogP contribution in [0.15, 0.2) is 46.3 Å². The standard InChI is InChI=1S/C19H13ClF3N3O2S/c1-2-29-16-4-3-11(8-24)5-12(16)9-26-10-25-17-14(18(26)27)6-13(7-15(17)20)28-19(21,22)23/h3-7,10H,2,9H2,1H3. The number of benzene rings is 2. The number of alkyl halides is 3. The van der Waals surface area contributed by atoms with Crippen molar-refractivity contribution in [1.29, 1.82) is 5.26 Å². The molecule has 150 valence electrons. The molecule has 0 atom stereocenters. The molecular formula is C19H13ClF3N3O2S. The molecule has 10 heteroatoms. The van der Waals surface area contributed by atoms with Gasteiger partial charge in [-0.3, -0.25) is 9.36 Å². The van der Waals surface area contributed by atoms with Crippen molar-refractivity contribution in [2.45, 2.75) is 24.7 Å². The Bertz CT molecular complexity index is 1170. The molecule has 0 saturated heterocycles. The van der Waals surface area contributed by atoms with Crippen molar-refractivity contribution in [1.82, 2.24) is 9.55 Å². The zero-order valence-electron chi connectivity index (χ0n) is 15.0. The van der Waals surface area contributed by atoms with Gasteiger partial charge in [0, 0.05) is 11.0 Å². The first-order valence-corrected chi connectivity index (χ1v) is 9.68. The lowest BCUT2D eigenvalue weighted by Gasteiger charge is -2.13. The number of halogens is 4. The zero-order valence-corrected chi connectivity index (χ0v) is 16.5. The summed E-state index contributed by atoms with van der Waals surface area (Å²) in [4.78, 5) is 17.9. The fraction of sp³-hybridized carbons (Fsp3) is 0.211. The highest BCUT2D eigenvalue weighted by Crippen LogP contribution is 2.30. The van der Waals surface area contributed by atoms with E-state index in [1.165, 1.54) is 10.9 Å². The normalized spacial score (nSPS) is 11.4. The van der Waals surface area contributed by atoms with Crippen LogP contribution in [0.4, 0.5) is 13.2 Å². The van der Waals surface area contributed by atoms with E-state index in [1.807, 2.05) is 6.92 Å². The van der Waals surface area contributed by atoms with Crippen molar-refractivity contribution < 1.29 is 17.9 Å². The number of fused-ring (bicyclic) bond motifs is 1. The van der Waals surface area contributed by atoms with E-state index in [4.69, 9.17) is 16.9 Å². The Balaban J connectivity index is 2.09. The predicted octanol–water partition coefficient (Wildman–Crippen LogP) is 4.98. The van der Waals surface area contributed by atoms with Gasteiger partial charge in [0.1, 0.15) is 5.75 Å². The lowest BCUT2D eigenvalue weighted by Crippen LogP contribution is -2.22. The molecule has 0 aliphatic rings. The lowest BCUT2D eigenvalue weighted by atomic mass is 10.1. The number of ether oxygens (including phenoxy) is 1. The van der Waals surface area contributed by atoms with Gasteiger partial charge in [-0.05, 0) is 35.6 Å². The molecular weight excluding hydrogens is 427 g/mol. The summed E-state index contributed by atoms with van der Waals surface area (Å²) in [5, 5.41) is 8.92. The molecule has 1 aromatic heterocycles. The first-order chi connectivity index (χ1) is 13.7. The Morgan fingerprint density at radius 3 is 2.72 bits per heavy atom. The average Bonchev–Trinajstić information content (AvgIpc) is 2.64. The third-order valence-corrected chi connectivity index (χ3v) is 5.20. The molecule has 0 radical (unpaired) electrons. The van der Waals surface area contributed by atoms with Crippen molar-refractivity contribution >= 4 is 34.3 Å². The van der Waals surface area contributed by atoms with Gasteiger partial charge in [-0.15, -0.1) is 24.9 Å². The highest BCUT2D eigenvalue weighted by molar-refractivity contribution is 7.99. The van der Waals surface area contributed by atoms with Crippen LogP contribution in [-0.2, 0) is 6.54 Å². The first-order valence-electron chi connectivity index (χ1n) is 8.32. The van der Waals surface area contributed by atoms with E-state index < -0.39 is 17.7 Å². The number of nitriles is 1. The fourth-order valence-electron chi connectivity index (χ4n) is 2.76. The van der Waals surface area contributed by atoms with E-state index in [9.17, 15) is 18.0 Å². The van der Waals surface area contributed by atoms with Gasteiger partial charge in [0.25, 0.3) is 5.56 Å². The van der Waals surface area contributed by atoms with Gasteiger partial charge in [-0.1, -0.05) is 18.5 Å². The van der Waals surface area contributed by atoms with Crippen LogP contribution in [0, 0.1) is 11.3 Å². The molecule has 0 fully saturated rings. The molecule has 0 spiro atoms. The summed E-state index contributed by atoms with van der Waals surface area (Å²) in [6.07, 6.45) is -3.64. The maximum atomic E-state index is 12.9. The van der Waals surface area contributed by atoms with Crippen LogP contribution < -0.4 is 10.3 Å². The van der Waals surface area contributed by atoms with Crippen LogP contribution in [0.1, 0.15) is 18.1 Å². The molecule has 3 aromatic rings. The van der Waals surface area contributed by atoms with Gasteiger partial charge in [-0.2, -0.15) is 5.26 Å². The quantitative estimate of drug-likeness (QED) is 0.524. The number of aromatic nitrogens is 2. The van der Waals surface area contributed by atoms with Crippen molar-refractivity contribution in [3.63, 3.8) is 0 Å². The molecule has 0 aliphatic heterocycles. The zero-order chi connectivity index (χ0) is 21.2. The topological polar surface area (TPSA) is 67.9 Å². The van der Waals surface area contributed by atoms with Crippen molar-refractivity contribution in [2.24, 2.45) is 0 Å². The van der Waals surface area contributed by atoms with Crippen molar-refractivity contribution in [2.75, 3.05) is 5.75 Å². The SMILES string of the molecule is CCSc1ccc(C#N)cc1Cn1cnc2c(Cl)cc(OC(F)(F)F)cc2c1=O. The van der Waals surface area contributed by atoms with Crippen LogP contribution in [-0.4, -0.2) is 21.7 Å². The van der Waals surface area contributed by atoms with E-state index in [0.717, 1.165) is 28.3 Å². The van der Waals surface area contributed by atoms with E-state index in [0.29, 0.717) is 5.56 Å². The average molecular weight is 440 g/mol. The summed E-state index contributed by atoms with van der Waals surface area (Å²) in [6, 6.07) is 9.13. The molecule has 3 rings (SSSR count). The molecule has 0 amide bonds. The second kappa shape index (κ2) is 8.35. The Kier molecular flexibility index (Phi) is 6.05. The molecule has 0 N–H and O–H groups in total. The van der Waals surface area contributed by atoms with Gasteiger partial charge in [-0.25, -0.2) is 4.98 Å². The number of hydrogen-bond acceptors (Lipinski definition) is 5. The van der Waals surface area contributed by atoms with Crippen LogP contribution >= 0.6 is 23.4 Å². The Morgan fingerprint density at radius 1 is 1.31 bits per heavy atom. The molecule has 0 aliphatic carbocycles. The maximum absolute atomic E-state index is 12.9. The van der Waals surface area contributed by atoms with E-state index >= 15 is 0 Å². The minimum absolute atomic E-state index is 0.0800. The molecule has 0 unspecified atom stereocenters. The molecule has 2 aromatic carbocycles. The molecule has 1 heterocycles. The van der Waals surface area contributed by atoms with Gasteiger partial charge in [0.2, 0.25) is 0 Å². The lowest BCUT2D eigenvalue weighted by molar-refractivity contribution is -0.274. The predicted molar refractivity (Wildman–Crippen MR) is 104 cm³/mol. The molecule has 0 bridgehead atoms. The Hall–Kier alpha value is -2.70. The van der Waals surface area contributed by atoms with Gasteiger partial charge in [0.05, 0.1) is 40.4 Å². The highest BCUT2D eigenvalue weighted by Gasteiger charge is 2.31. The highest BCUT2D eigenvalue weighted by atomic mass is 35.5. The summed E-state index contributed by atoms with van der Waals surface area (Å²) in [5.74, 6) is 0.192. The molecule has 0 saturated carbocycles. The minimum atomic E-state index is -4.91. The van der Waals surface area contributed by atoms with Crippen LogP contribution in [0.5, 0.6) is 5.75 Å². The molecule has 29 heavy (non-hydrogen) atoms. The summed E-state index contributed by atoms with van der Waals surface area (Å²) in [7, 11) is 0. The fourth-order valence-corrected chi connectivity index (χ4v) is 3.80. The van der Waals surface area contributed by atoms with Gasteiger partial charge >= 0.3 is 6.36 Å². The van der Waals surface area contributed by atoms with Crippen LogP contribution in [0.25, 0.3) is 10.9 Å². The summed E-state index contributed by atoms with van der Waals surface area (Å²) in [5.41, 5.74) is 0.676. The molecule has 5 nitrogen and oxygen atoms in total. The number of thioether (sulfide) groups is 1. The second-order valence-electron chi connectivity index (χ2n) is 5.89.